The minimum atomic E-state index is -0.573. The Morgan fingerprint density at radius 2 is 1.88 bits per heavy atom. The van der Waals surface area contributed by atoms with Crippen LogP contribution in [0.25, 0.3) is 11.0 Å². The van der Waals surface area contributed by atoms with E-state index in [2.05, 4.69) is 15.0 Å². The Hall–Kier alpha value is -3.29. The van der Waals surface area contributed by atoms with Crippen molar-refractivity contribution in [1.82, 2.24) is 24.4 Å². The summed E-state index contributed by atoms with van der Waals surface area (Å²) in [4.78, 5) is 52.3. The molecule has 0 unspecified atom stereocenters. The van der Waals surface area contributed by atoms with Crippen molar-refractivity contribution in [2.24, 2.45) is 5.92 Å². The summed E-state index contributed by atoms with van der Waals surface area (Å²) in [5.41, 5.74) is 1.17. The van der Waals surface area contributed by atoms with Gasteiger partial charge in [0.15, 0.2) is 5.65 Å². The zero-order valence-electron chi connectivity index (χ0n) is 19.0. The molecular weight excluding hydrogens is 406 g/mol. The van der Waals surface area contributed by atoms with Gasteiger partial charge in [-0.15, -0.1) is 0 Å². The van der Waals surface area contributed by atoms with Crippen molar-refractivity contribution in [3.63, 3.8) is 0 Å². The first-order valence-corrected chi connectivity index (χ1v) is 11.1. The maximum absolute atomic E-state index is 13.8. The standard InChI is InChI=1S/C24H29N5O3/c1-14(2)12-29-21-20(22(30)27-24(29)32)18(11-19(26-21)15(3)4)23(31)28(17-5-6-17)13-16-7-9-25-10-8-16/h7-11,14-15,17H,5-6,12-13H2,1-4H3,(H,27,30,32). The first-order chi connectivity index (χ1) is 15.3. The molecule has 8 heteroatoms. The highest BCUT2D eigenvalue weighted by molar-refractivity contribution is 6.05. The molecule has 0 bridgehead atoms. The molecule has 0 radical (unpaired) electrons. The van der Waals surface area contributed by atoms with Crippen LogP contribution >= 0.6 is 0 Å². The van der Waals surface area contributed by atoms with E-state index in [0.717, 1.165) is 18.4 Å². The number of aromatic amines is 1. The number of nitrogens with one attached hydrogen (secondary N) is 1. The predicted molar refractivity (Wildman–Crippen MR) is 123 cm³/mol. The molecule has 1 amide bonds. The zero-order chi connectivity index (χ0) is 23.0. The van der Waals surface area contributed by atoms with E-state index < -0.39 is 11.2 Å². The Morgan fingerprint density at radius 1 is 1.19 bits per heavy atom. The molecule has 1 saturated carbocycles. The monoisotopic (exact) mass is 435 g/mol. The SMILES string of the molecule is CC(C)Cn1c(=O)[nH]c(=O)c2c(C(=O)N(Cc3ccncc3)C3CC3)cc(C(C)C)nc21. The van der Waals surface area contributed by atoms with Gasteiger partial charge in [-0.1, -0.05) is 27.7 Å². The second kappa shape index (κ2) is 8.68. The molecule has 3 aromatic rings. The molecule has 3 aromatic heterocycles. The number of fused-ring (bicyclic) bond motifs is 1. The average Bonchev–Trinajstić information content (AvgIpc) is 3.59. The van der Waals surface area contributed by atoms with Crippen LogP contribution in [0.5, 0.6) is 0 Å². The highest BCUT2D eigenvalue weighted by atomic mass is 16.2. The van der Waals surface area contributed by atoms with E-state index in [4.69, 9.17) is 0 Å². The zero-order valence-corrected chi connectivity index (χ0v) is 19.0. The van der Waals surface area contributed by atoms with Crippen molar-refractivity contribution in [2.45, 2.75) is 65.6 Å². The van der Waals surface area contributed by atoms with Crippen molar-refractivity contribution < 1.29 is 4.79 Å². The topological polar surface area (TPSA) is 101 Å². The molecule has 0 atom stereocenters. The number of aromatic nitrogens is 4. The van der Waals surface area contributed by atoms with Crippen molar-refractivity contribution in [3.05, 3.63) is 68.3 Å². The molecule has 4 rings (SSSR count). The number of pyridine rings is 2. The fraction of sp³-hybridized carbons (Fsp3) is 0.458. The number of rotatable bonds is 7. The predicted octanol–water partition coefficient (Wildman–Crippen LogP) is 3.06. The van der Waals surface area contributed by atoms with Gasteiger partial charge in [0, 0.05) is 37.2 Å². The number of hydrogen-bond donors (Lipinski definition) is 1. The van der Waals surface area contributed by atoms with Crippen LogP contribution in [0, 0.1) is 5.92 Å². The molecule has 0 aliphatic heterocycles. The lowest BCUT2D eigenvalue weighted by atomic mass is 10.0. The summed E-state index contributed by atoms with van der Waals surface area (Å²) in [5.74, 6) is -0.0126. The van der Waals surface area contributed by atoms with Gasteiger partial charge >= 0.3 is 5.69 Å². The van der Waals surface area contributed by atoms with Gasteiger partial charge in [-0.05, 0) is 48.4 Å². The molecule has 1 aliphatic carbocycles. The van der Waals surface area contributed by atoms with Crippen LogP contribution in [0.15, 0.2) is 40.2 Å². The van der Waals surface area contributed by atoms with Crippen molar-refractivity contribution in [3.8, 4) is 0 Å². The van der Waals surface area contributed by atoms with Gasteiger partial charge in [0.2, 0.25) is 0 Å². The van der Waals surface area contributed by atoms with E-state index in [1.807, 2.05) is 44.7 Å². The van der Waals surface area contributed by atoms with Crippen LogP contribution in [0.1, 0.15) is 68.1 Å². The Morgan fingerprint density at radius 3 is 2.47 bits per heavy atom. The third kappa shape index (κ3) is 4.35. The average molecular weight is 436 g/mol. The summed E-state index contributed by atoms with van der Waals surface area (Å²) in [6, 6.07) is 5.64. The van der Waals surface area contributed by atoms with Crippen LogP contribution in [0.4, 0.5) is 0 Å². The second-order valence-corrected chi connectivity index (χ2v) is 9.23. The van der Waals surface area contributed by atoms with E-state index >= 15 is 0 Å². The lowest BCUT2D eigenvalue weighted by Crippen LogP contribution is -2.36. The lowest BCUT2D eigenvalue weighted by Gasteiger charge is -2.24. The summed E-state index contributed by atoms with van der Waals surface area (Å²) in [6.07, 6.45) is 5.29. The number of nitrogens with zero attached hydrogens (tertiary/aromatic N) is 4. The van der Waals surface area contributed by atoms with Gasteiger partial charge in [0.25, 0.3) is 11.5 Å². The van der Waals surface area contributed by atoms with Gasteiger partial charge in [0.05, 0.1) is 10.9 Å². The van der Waals surface area contributed by atoms with Crippen LogP contribution in [-0.4, -0.2) is 36.4 Å². The van der Waals surface area contributed by atoms with Gasteiger partial charge in [0.1, 0.15) is 0 Å². The van der Waals surface area contributed by atoms with Crippen molar-refractivity contribution in [1.29, 1.82) is 0 Å². The largest absolute Gasteiger partial charge is 0.331 e. The normalized spacial score (nSPS) is 13.8. The molecule has 1 aliphatic rings. The van der Waals surface area contributed by atoms with E-state index in [1.165, 1.54) is 4.57 Å². The lowest BCUT2D eigenvalue weighted by molar-refractivity contribution is 0.0731. The van der Waals surface area contributed by atoms with Crippen LogP contribution in [0.3, 0.4) is 0 Å². The van der Waals surface area contributed by atoms with Crippen LogP contribution < -0.4 is 11.2 Å². The minimum Gasteiger partial charge on any atom is -0.331 e. The first kappa shape index (κ1) is 21.9. The maximum Gasteiger partial charge on any atom is 0.330 e. The van der Waals surface area contributed by atoms with E-state index in [9.17, 15) is 14.4 Å². The summed E-state index contributed by atoms with van der Waals surface area (Å²) < 4.78 is 1.48. The number of carbonyl (C=O) groups is 1. The van der Waals surface area contributed by atoms with Gasteiger partial charge in [-0.2, -0.15) is 0 Å². The number of carbonyl (C=O) groups excluding carboxylic acids is 1. The van der Waals surface area contributed by atoms with Gasteiger partial charge < -0.3 is 4.90 Å². The molecule has 0 saturated heterocycles. The molecule has 1 fully saturated rings. The van der Waals surface area contributed by atoms with E-state index in [1.54, 1.807) is 18.5 Å². The molecular formula is C24H29N5O3. The number of H-pyrrole nitrogens is 1. The first-order valence-electron chi connectivity index (χ1n) is 11.1. The molecule has 168 valence electrons. The van der Waals surface area contributed by atoms with Crippen LogP contribution in [0.2, 0.25) is 0 Å². The molecule has 0 spiro atoms. The quantitative estimate of drug-likeness (QED) is 0.615. The maximum atomic E-state index is 13.8. The Labute approximate surface area is 186 Å². The molecule has 8 nitrogen and oxygen atoms in total. The number of hydrogen-bond acceptors (Lipinski definition) is 5. The van der Waals surface area contributed by atoms with E-state index in [0.29, 0.717) is 24.3 Å². The Bertz CT molecular complexity index is 1260. The minimum absolute atomic E-state index is 0.0300. The molecule has 32 heavy (non-hydrogen) atoms. The van der Waals surface area contributed by atoms with Crippen molar-refractivity contribution in [2.75, 3.05) is 0 Å². The van der Waals surface area contributed by atoms with Gasteiger partial charge in [-0.25, -0.2) is 9.78 Å². The summed E-state index contributed by atoms with van der Waals surface area (Å²) >= 11 is 0. The third-order valence-electron chi connectivity index (χ3n) is 5.69. The summed E-state index contributed by atoms with van der Waals surface area (Å²) in [6.45, 7) is 8.79. The third-order valence-corrected chi connectivity index (χ3v) is 5.69. The summed E-state index contributed by atoms with van der Waals surface area (Å²) in [5, 5.41) is 0.181. The fourth-order valence-electron chi connectivity index (χ4n) is 3.88. The molecule has 0 aromatic carbocycles. The highest BCUT2D eigenvalue weighted by Gasteiger charge is 2.34. The second-order valence-electron chi connectivity index (χ2n) is 9.23. The highest BCUT2D eigenvalue weighted by Crippen LogP contribution is 2.31. The molecule has 3 heterocycles. The Balaban J connectivity index is 1.91. The summed E-state index contributed by atoms with van der Waals surface area (Å²) in [7, 11) is 0. The van der Waals surface area contributed by atoms with Gasteiger partial charge in [-0.3, -0.25) is 24.1 Å². The fourth-order valence-corrected chi connectivity index (χ4v) is 3.88. The Kier molecular flexibility index (Phi) is 5.95. The smallest absolute Gasteiger partial charge is 0.330 e. The molecule has 1 N–H and O–H groups in total. The van der Waals surface area contributed by atoms with Crippen molar-refractivity contribution >= 4 is 16.9 Å². The number of amides is 1. The van der Waals surface area contributed by atoms with E-state index in [-0.39, 0.29) is 34.8 Å². The van der Waals surface area contributed by atoms with Crippen LogP contribution in [-0.2, 0) is 13.1 Å².